The van der Waals surface area contributed by atoms with Gasteiger partial charge in [-0.25, -0.2) is 0 Å². The highest BCUT2D eigenvalue weighted by Crippen LogP contribution is 2.35. The summed E-state index contributed by atoms with van der Waals surface area (Å²) in [7, 11) is 0. The molecule has 0 heterocycles. The van der Waals surface area contributed by atoms with Crippen LogP contribution in [0.25, 0.3) is 0 Å². The molecular formula is C15H14BrClO2. The van der Waals surface area contributed by atoms with Crippen LogP contribution in [-0.2, 0) is 0 Å². The second kappa shape index (κ2) is 5.95. The number of hydrogen-bond donors (Lipinski definition) is 1. The Hall–Kier alpha value is -1.03. The lowest BCUT2D eigenvalue weighted by Crippen LogP contribution is -1.92. The largest absolute Gasteiger partial charge is 0.455 e. The van der Waals surface area contributed by atoms with Crippen molar-refractivity contribution >= 4 is 27.5 Å². The number of aliphatic hydroxyl groups is 1. The van der Waals surface area contributed by atoms with Crippen molar-refractivity contribution in [1.82, 2.24) is 0 Å². The molecule has 2 aromatic rings. The second-order valence-electron chi connectivity index (χ2n) is 4.40. The Kier molecular flexibility index (Phi) is 4.50. The summed E-state index contributed by atoms with van der Waals surface area (Å²) >= 11 is 9.61. The molecule has 0 aliphatic heterocycles. The van der Waals surface area contributed by atoms with Gasteiger partial charge in [0, 0.05) is 0 Å². The maximum atomic E-state index is 9.50. The van der Waals surface area contributed by atoms with Crippen molar-refractivity contribution < 1.29 is 9.84 Å². The van der Waals surface area contributed by atoms with E-state index >= 15 is 0 Å². The van der Waals surface area contributed by atoms with Crippen LogP contribution in [0.2, 0.25) is 5.02 Å². The minimum atomic E-state index is -0.544. The molecule has 2 nitrogen and oxygen atoms in total. The van der Waals surface area contributed by atoms with E-state index in [0.717, 1.165) is 15.6 Å². The molecule has 1 unspecified atom stereocenters. The van der Waals surface area contributed by atoms with Crippen LogP contribution in [0.3, 0.4) is 0 Å². The zero-order valence-corrected chi connectivity index (χ0v) is 13.0. The Balaban J connectivity index is 2.28. The van der Waals surface area contributed by atoms with Crippen molar-refractivity contribution in [2.45, 2.75) is 20.0 Å². The maximum absolute atomic E-state index is 9.50. The average Bonchev–Trinajstić information content (AvgIpc) is 2.34. The Morgan fingerprint density at radius 1 is 1.16 bits per heavy atom. The molecule has 0 bridgehead atoms. The molecule has 2 rings (SSSR count). The zero-order valence-electron chi connectivity index (χ0n) is 10.7. The van der Waals surface area contributed by atoms with E-state index < -0.39 is 6.10 Å². The van der Waals surface area contributed by atoms with Crippen LogP contribution in [-0.4, -0.2) is 5.11 Å². The van der Waals surface area contributed by atoms with E-state index in [4.69, 9.17) is 16.3 Å². The third-order valence-corrected chi connectivity index (χ3v) is 3.66. The molecule has 0 amide bonds. The monoisotopic (exact) mass is 340 g/mol. The third kappa shape index (κ3) is 3.50. The Labute approximate surface area is 126 Å². The van der Waals surface area contributed by atoms with Crippen molar-refractivity contribution in [3.63, 3.8) is 0 Å². The number of ether oxygens (including phenoxy) is 1. The molecule has 0 radical (unpaired) electrons. The van der Waals surface area contributed by atoms with E-state index in [1.54, 1.807) is 25.1 Å². The predicted octanol–water partition coefficient (Wildman–Crippen LogP) is 5.26. The first-order valence-corrected chi connectivity index (χ1v) is 7.06. The van der Waals surface area contributed by atoms with Gasteiger partial charge in [0.2, 0.25) is 0 Å². The Bertz CT molecular complexity index is 597. The maximum Gasteiger partial charge on any atom is 0.146 e. The average molecular weight is 342 g/mol. The Morgan fingerprint density at radius 3 is 2.42 bits per heavy atom. The van der Waals surface area contributed by atoms with Gasteiger partial charge >= 0.3 is 0 Å². The summed E-state index contributed by atoms with van der Waals surface area (Å²) in [6, 6.07) is 11.1. The van der Waals surface area contributed by atoms with Gasteiger partial charge in [-0.3, -0.25) is 0 Å². The van der Waals surface area contributed by atoms with Crippen molar-refractivity contribution in [2.24, 2.45) is 0 Å². The Morgan fingerprint density at radius 2 is 1.84 bits per heavy atom. The van der Waals surface area contributed by atoms with Gasteiger partial charge in [-0.05, 0) is 65.2 Å². The van der Waals surface area contributed by atoms with Crippen LogP contribution in [0.15, 0.2) is 40.9 Å². The topological polar surface area (TPSA) is 29.5 Å². The lowest BCUT2D eigenvalue weighted by molar-refractivity contribution is 0.199. The zero-order chi connectivity index (χ0) is 14.0. The van der Waals surface area contributed by atoms with Crippen molar-refractivity contribution in [3.05, 3.63) is 57.0 Å². The van der Waals surface area contributed by atoms with E-state index in [-0.39, 0.29) is 0 Å². The van der Waals surface area contributed by atoms with E-state index in [1.165, 1.54) is 0 Å². The summed E-state index contributed by atoms with van der Waals surface area (Å²) in [4.78, 5) is 0. The van der Waals surface area contributed by atoms with Gasteiger partial charge in [0.25, 0.3) is 0 Å². The van der Waals surface area contributed by atoms with Crippen LogP contribution in [0, 0.1) is 6.92 Å². The van der Waals surface area contributed by atoms with Gasteiger partial charge in [0.15, 0.2) is 0 Å². The third-order valence-electron chi connectivity index (χ3n) is 2.75. The summed E-state index contributed by atoms with van der Waals surface area (Å²) in [5.74, 6) is 1.27. The van der Waals surface area contributed by atoms with Crippen LogP contribution in [0.4, 0.5) is 0 Å². The molecule has 0 fully saturated rings. The molecule has 0 saturated heterocycles. The summed E-state index contributed by atoms with van der Waals surface area (Å²) < 4.78 is 6.65. The van der Waals surface area contributed by atoms with Crippen LogP contribution < -0.4 is 4.74 Å². The molecule has 19 heavy (non-hydrogen) atoms. The second-order valence-corrected chi connectivity index (χ2v) is 5.66. The highest BCUT2D eigenvalue weighted by Gasteiger charge is 2.09. The van der Waals surface area contributed by atoms with Crippen LogP contribution >= 0.6 is 27.5 Å². The number of hydrogen-bond acceptors (Lipinski definition) is 2. The van der Waals surface area contributed by atoms with E-state index in [1.807, 2.05) is 25.1 Å². The highest BCUT2D eigenvalue weighted by molar-refractivity contribution is 9.10. The first-order valence-electron chi connectivity index (χ1n) is 5.89. The number of halogens is 2. The van der Waals surface area contributed by atoms with Gasteiger partial charge in [-0.2, -0.15) is 0 Å². The lowest BCUT2D eigenvalue weighted by Gasteiger charge is -2.12. The van der Waals surface area contributed by atoms with Crippen LogP contribution in [0.1, 0.15) is 24.2 Å². The van der Waals surface area contributed by atoms with Gasteiger partial charge in [-0.15, -0.1) is 0 Å². The summed E-state index contributed by atoms with van der Waals surface area (Å²) in [5, 5.41) is 9.97. The fourth-order valence-electron chi connectivity index (χ4n) is 1.67. The smallest absolute Gasteiger partial charge is 0.146 e. The van der Waals surface area contributed by atoms with Crippen molar-refractivity contribution in [2.75, 3.05) is 0 Å². The lowest BCUT2D eigenvalue weighted by atomic mass is 10.1. The molecular weight excluding hydrogens is 328 g/mol. The van der Waals surface area contributed by atoms with Crippen molar-refractivity contribution in [3.8, 4) is 11.5 Å². The molecule has 100 valence electrons. The minimum Gasteiger partial charge on any atom is -0.455 e. The molecule has 0 spiro atoms. The van der Waals surface area contributed by atoms with Crippen molar-refractivity contribution in [1.29, 1.82) is 0 Å². The molecule has 4 heteroatoms. The predicted molar refractivity (Wildman–Crippen MR) is 81.0 cm³/mol. The molecule has 0 aliphatic rings. The first kappa shape index (κ1) is 14.4. The van der Waals surface area contributed by atoms with Gasteiger partial charge in [-0.1, -0.05) is 23.7 Å². The summed E-state index contributed by atoms with van der Waals surface area (Å²) in [6.07, 6.45) is -0.544. The number of aliphatic hydroxyl groups excluding tert-OH is 1. The molecule has 0 saturated carbocycles. The number of benzene rings is 2. The van der Waals surface area contributed by atoms with Gasteiger partial charge in [0.1, 0.15) is 11.5 Å². The molecule has 0 aliphatic carbocycles. The van der Waals surface area contributed by atoms with E-state index in [9.17, 15) is 5.11 Å². The van der Waals surface area contributed by atoms with E-state index in [0.29, 0.717) is 16.5 Å². The summed E-state index contributed by atoms with van der Waals surface area (Å²) in [6.45, 7) is 3.71. The minimum absolute atomic E-state index is 0.478. The molecule has 0 aromatic heterocycles. The van der Waals surface area contributed by atoms with Gasteiger partial charge in [0.05, 0.1) is 15.6 Å². The summed E-state index contributed by atoms with van der Waals surface area (Å²) in [5.41, 5.74) is 1.91. The normalized spacial score (nSPS) is 12.3. The van der Waals surface area contributed by atoms with Gasteiger partial charge < -0.3 is 9.84 Å². The highest BCUT2D eigenvalue weighted by atomic mass is 79.9. The molecule has 1 atom stereocenters. The first-order chi connectivity index (χ1) is 8.97. The fourth-order valence-corrected chi connectivity index (χ4v) is 2.47. The quantitative estimate of drug-likeness (QED) is 0.825. The number of rotatable bonds is 3. The molecule has 1 N–H and O–H groups in total. The fraction of sp³-hybridized carbons (Fsp3) is 0.200. The SMILES string of the molecule is Cc1ccc(Oc2ccc(C(C)O)cc2Cl)c(Br)c1. The standard InChI is InChI=1S/C15H14BrClO2/c1-9-3-5-14(12(16)7-9)19-15-6-4-11(10(2)18)8-13(15)17/h3-8,10,18H,1-2H3. The van der Waals surface area contributed by atoms with Crippen LogP contribution in [0.5, 0.6) is 11.5 Å². The number of aryl methyl sites for hydroxylation is 1. The molecule has 2 aromatic carbocycles. The van der Waals surface area contributed by atoms with E-state index in [2.05, 4.69) is 15.9 Å².